The molecular formula is C23H27NO7. The number of likely N-dealkylation sites (tertiary alicyclic amines) is 1. The van der Waals surface area contributed by atoms with Crippen LogP contribution in [0.1, 0.15) is 24.0 Å². The van der Waals surface area contributed by atoms with Gasteiger partial charge in [-0.3, -0.25) is 4.90 Å². The summed E-state index contributed by atoms with van der Waals surface area (Å²) in [5.41, 5.74) is 1.57. The third-order valence-electron chi connectivity index (χ3n) is 5.07. The van der Waals surface area contributed by atoms with Crippen LogP contribution in [0.15, 0.2) is 42.5 Å². The van der Waals surface area contributed by atoms with Gasteiger partial charge in [0.2, 0.25) is 5.75 Å². The van der Waals surface area contributed by atoms with Crippen LogP contribution in [0.4, 0.5) is 4.79 Å². The molecule has 1 atom stereocenters. The SMILES string of the molecule is COc1cc(COC(=O)C2CCCN2C(=O)OCc2ccccc2)cc(OC)c1OC. The van der Waals surface area contributed by atoms with Crippen molar-refractivity contribution in [3.63, 3.8) is 0 Å². The van der Waals surface area contributed by atoms with E-state index in [1.54, 1.807) is 12.1 Å². The van der Waals surface area contributed by atoms with E-state index in [1.165, 1.54) is 26.2 Å². The van der Waals surface area contributed by atoms with Gasteiger partial charge in [0, 0.05) is 6.54 Å². The third-order valence-corrected chi connectivity index (χ3v) is 5.07. The van der Waals surface area contributed by atoms with Gasteiger partial charge in [-0.2, -0.15) is 0 Å². The number of hydrogen-bond donors (Lipinski definition) is 0. The first-order valence-electron chi connectivity index (χ1n) is 10.00. The van der Waals surface area contributed by atoms with E-state index in [-0.39, 0.29) is 13.2 Å². The van der Waals surface area contributed by atoms with Crippen molar-refractivity contribution in [1.29, 1.82) is 0 Å². The van der Waals surface area contributed by atoms with Crippen LogP contribution >= 0.6 is 0 Å². The van der Waals surface area contributed by atoms with E-state index < -0.39 is 18.1 Å². The van der Waals surface area contributed by atoms with Gasteiger partial charge in [0.15, 0.2) is 11.5 Å². The normalized spacial score (nSPS) is 15.3. The first-order valence-corrected chi connectivity index (χ1v) is 10.00. The van der Waals surface area contributed by atoms with Crippen molar-refractivity contribution in [2.45, 2.75) is 32.1 Å². The van der Waals surface area contributed by atoms with Gasteiger partial charge < -0.3 is 23.7 Å². The third kappa shape index (κ3) is 5.39. The lowest BCUT2D eigenvalue weighted by atomic mass is 10.2. The number of benzene rings is 2. The van der Waals surface area contributed by atoms with Gasteiger partial charge in [-0.1, -0.05) is 30.3 Å². The lowest BCUT2D eigenvalue weighted by molar-refractivity contribution is -0.149. The van der Waals surface area contributed by atoms with Gasteiger partial charge in [-0.15, -0.1) is 0 Å². The zero-order valence-electron chi connectivity index (χ0n) is 18.0. The number of esters is 1. The predicted octanol–water partition coefficient (Wildman–Crippen LogP) is 3.56. The number of nitrogens with zero attached hydrogens (tertiary/aromatic N) is 1. The van der Waals surface area contributed by atoms with Crippen LogP contribution in [0, 0.1) is 0 Å². The second-order valence-electron chi connectivity index (χ2n) is 7.03. The first-order chi connectivity index (χ1) is 15.1. The Labute approximate surface area is 181 Å². The molecule has 0 spiro atoms. The summed E-state index contributed by atoms with van der Waals surface area (Å²) in [7, 11) is 4.56. The molecule has 31 heavy (non-hydrogen) atoms. The van der Waals surface area contributed by atoms with E-state index in [2.05, 4.69) is 0 Å². The summed E-state index contributed by atoms with van der Waals surface area (Å²) >= 11 is 0. The van der Waals surface area contributed by atoms with Gasteiger partial charge in [0.25, 0.3) is 0 Å². The van der Waals surface area contributed by atoms with Crippen LogP contribution in [0.3, 0.4) is 0 Å². The maximum atomic E-state index is 12.7. The minimum Gasteiger partial charge on any atom is -0.493 e. The van der Waals surface area contributed by atoms with Crippen molar-refractivity contribution in [1.82, 2.24) is 4.90 Å². The van der Waals surface area contributed by atoms with Crippen LogP contribution in [0.2, 0.25) is 0 Å². The van der Waals surface area contributed by atoms with Crippen LogP contribution in [0.25, 0.3) is 0 Å². The molecule has 3 rings (SSSR count). The summed E-state index contributed by atoms with van der Waals surface area (Å²) in [6.07, 6.45) is 0.731. The predicted molar refractivity (Wildman–Crippen MR) is 112 cm³/mol. The Kier molecular flexibility index (Phi) is 7.59. The van der Waals surface area contributed by atoms with E-state index >= 15 is 0 Å². The number of rotatable bonds is 8. The average Bonchev–Trinajstić information content (AvgIpc) is 3.31. The van der Waals surface area contributed by atoms with Gasteiger partial charge >= 0.3 is 12.1 Å². The standard InChI is InChI=1S/C23H27NO7/c1-27-19-12-17(13-20(28-2)21(19)29-3)15-30-22(25)18-10-7-11-24(18)23(26)31-14-16-8-5-4-6-9-16/h4-6,8-9,12-13,18H,7,10-11,14-15H2,1-3H3. The molecule has 166 valence electrons. The van der Waals surface area contributed by atoms with Crippen LogP contribution in [-0.2, 0) is 27.5 Å². The topological polar surface area (TPSA) is 83.5 Å². The molecule has 8 heteroatoms. The van der Waals surface area contributed by atoms with Gasteiger partial charge in [0.1, 0.15) is 19.3 Å². The monoisotopic (exact) mass is 429 g/mol. The van der Waals surface area contributed by atoms with Crippen molar-refractivity contribution < 1.29 is 33.3 Å². The van der Waals surface area contributed by atoms with Crippen molar-refractivity contribution in [3.05, 3.63) is 53.6 Å². The molecule has 2 aromatic carbocycles. The Hall–Kier alpha value is -3.42. The molecular weight excluding hydrogens is 402 g/mol. The number of amides is 1. The van der Waals surface area contributed by atoms with E-state index in [0.29, 0.717) is 42.2 Å². The lowest BCUT2D eigenvalue weighted by Gasteiger charge is -2.23. The Bertz CT molecular complexity index is 875. The average molecular weight is 429 g/mol. The fraction of sp³-hybridized carbons (Fsp3) is 0.391. The van der Waals surface area contributed by atoms with Crippen molar-refractivity contribution in [3.8, 4) is 17.2 Å². The van der Waals surface area contributed by atoms with Gasteiger partial charge in [0.05, 0.1) is 21.3 Å². The quantitative estimate of drug-likeness (QED) is 0.593. The van der Waals surface area contributed by atoms with Crippen LogP contribution in [0.5, 0.6) is 17.2 Å². The maximum absolute atomic E-state index is 12.7. The van der Waals surface area contributed by atoms with E-state index in [9.17, 15) is 9.59 Å². The molecule has 2 aromatic rings. The molecule has 0 aliphatic carbocycles. The molecule has 1 fully saturated rings. The molecule has 8 nitrogen and oxygen atoms in total. The molecule has 1 heterocycles. The number of ether oxygens (including phenoxy) is 5. The van der Waals surface area contributed by atoms with E-state index in [4.69, 9.17) is 23.7 Å². The molecule has 0 saturated carbocycles. The van der Waals surface area contributed by atoms with Crippen LogP contribution in [-0.4, -0.2) is 50.9 Å². The Morgan fingerprint density at radius 3 is 2.16 bits per heavy atom. The Morgan fingerprint density at radius 1 is 0.903 bits per heavy atom. The fourth-order valence-electron chi connectivity index (χ4n) is 3.50. The lowest BCUT2D eigenvalue weighted by Crippen LogP contribution is -2.41. The molecule has 0 N–H and O–H groups in total. The largest absolute Gasteiger partial charge is 0.493 e. The van der Waals surface area contributed by atoms with Gasteiger partial charge in [-0.25, -0.2) is 9.59 Å². The highest BCUT2D eigenvalue weighted by atomic mass is 16.6. The first kappa shape index (κ1) is 22.3. The fourth-order valence-corrected chi connectivity index (χ4v) is 3.50. The summed E-state index contributed by atoms with van der Waals surface area (Å²) in [5, 5.41) is 0. The second kappa shape index (κ2) is 10.6. The molecule has 0 radical (unpaired) electrons. The minimum absolute atomic E-state index is 0.0128. The summed E-state index contributed by atoms with van der Waals surface area (Å²) < 4.78 is 26.8. The smallest absolute Gasteiger partial charge is 0.410 e. The Balaban J connectivity index is 1.60. The molecule has 0 aromatic heterocycles. The zero-order valence-corrected chi connectivity index (χ0v) is 18.0. The number of carbonyl (C=O) groups excluding carboxylic acids is 2. The summed E-state index contributed by atoms with van der Waals surface area (Å²) in [6.45, 7) is 0.625. The maximum Gasteiger partial charge on any atom is 0.410 e. The molecule has 1 unspecified atom stereocenters. The number of carbonyl (C=O) groups is 2. The van der Waals surface area contributed by atoms with Crippen molar-refractivity contribution in [2.24, 2.45) is 0 Å². The van der Waals surface area contributed by atoms with Crippen LogP contribution < -0.4 is 14.2 Å². The minimum atomic E-state index is -0.662. The summed E-state index contributed by atoms with van der Waals surface area (Å²) in [4.78, 5) is 26.6. The molecule has 1 amide bonds. The molecule has 0 bridgehead atoms. The molecule has 1 aliphatic rings. The summed E-state index contributed by atoms with van der Waals surface area (Å²) in [5.74, 6) is 0.936. The van der Waals surface area contributed by atoms with E-state index in [0.717, 1.165) is 5.56 Å². The van der Waals surface area contributed by atoms with Gasteiger partial charge in [-0.05, 0) is 36.1 Å². The number of methoxy groups -OCH3 is 3. The molecule has 1 saturated heterocycles. The second-order valence-corrected chi connectivity index (χ2v) is 7.03. The Morgan fingerprint density at radius 2 is 1.55 bits per heavy atom. The van der Waals surface area contributed by atoms with Crippen molar-refractivity contribution in [2.75, 3.05) is 27.9 Å². The number of hydrogen-bond acceptors (Lipinski definition) is 7. The highest BCUT2D eigenvalue weighted by Crippen LogP contribution is 2.38. The zero-order chi connectivity index (χ0) is 22.2. The summed E-state index contributed by atoms with van der Waals surface area (Å²) in [6, 6.07) is 12.2. The van der Waals surface area contributed by atoms with Crippen molar-refractivity contribution >= 4 is 12.1 Å². The highest BCUT2D eigenvalue weighted by molar-refractivity contribution is 5.82. The highest BCUT2D eigenvalue weighted by Gasteiger charge is 2.36. The van der Waals surface area contributed by atoms with E-state index in [1.807, 2.05) is 30.3 Å². The molecule has 1 aliphatic heterocycles.